The first-order valence-electron chi connectivity index (χ1n) is 5.80. The molecular formula is C15H11BrO2. The lowest BCUT2D eigenvalue weighted by atomic mass is 10.0. The molecule has 2 aromatic carbocycles. The molecule has 2 aromatic rings. The van der Waals surface area contributed by atoms with E-state index in [1.54, 1.807) is 0 Å². The molecule has 3 rings (SSSR count). The molecule has 0 spiro atoms. The Morgan fingerprint density at radius 1 is 1.06 bits per heavy atom. The van der Waals surface area contributed by atoms with Gasteiger partial charge in [0.15, 0.2) is 5.78 Å². The van der Waals surface area contributed by atoms with Crippen LogP contribution in [0.25, 0.3) is 0 Å². The van der Waals surface area contributed by atoms with Crippen molar-refractivity contribution in [2.75, 3.05) is 6.61 Å². The van der Waals surface area contributed by atoms with Crippen molar-refractivity contribution in [2.45, 2.75) is 6.42 Å². The molecule has 2 nitrogen and oxygen atoms in total. The summed E-state index contributed by atoms with van der Waals surface area (Å²) in [7, 11) is 0. The summed E-state index contributed by atoms with van der Waals surface area (Å²) in [5.41, 5.74) is 2.55. The molecule has 90 valence electrons. The van der Waals surface area contributed by atoms with E-state index in [-0.39, 0.29) is 5.78 Å². The van der Waals surface area contributed by atoms with Crippen molar-refractivity contribution in [1.82, 2.24) is 0 Å². The number of benzene rings is 2. The zero-order valence-corrected chi connectivity index (χ0v) is 11.2. The number of ketones is 1. The Hall–Kier alpha value is -1.61. The van der Waals surface area contributed by atoms with Crippen LogP contribution in [0, 0.1) is 0 Å². The minimum atomic E-state index is 0.0530. The third-order valence-corrected chi connectivity index (χ3v) is 3.59. The first kappa shape index (κ1) is 11.5. The van der Waals surface area contributed by atoms with Crippen molar-refractivity contribution in [1.29, 1.82) is 0 Å². The number of carbonyl (C=O) groups excluding carboxylic acids is 1. The van der Waals surface area contributed by atoms with Gasteiger partial charge in [0.05, 0.1) is 6.61 Å². The molecule has 0 radical (unpaired) electrons. The van der Waals surface area contributed by atoms with Gasteiger partial charge in [0, 0.05) is 22.0 Å². The summed E-state index contributed by atoms with van der Waals surface area (Å²) >= 11 is 3.36. The average molecular weight is 303 g/mol. The molecular weight excluding hydrogens is 292 g/mol. The van der Waals surface area contributed by atoms with E-state index >= 15 is 0 Å². The molecule has 0 unspecified atom stereocenters. The minimum absolute atomic E-state index is 0.0530. The van der Waals surface area contributed by atoms with Crippen LogP contribution in [0.1, 0.15) is 21.5 Å². The summed E-state index contributed by atoms with van der Waals surface area (Å²) in [6, 6.07) is 13.1. The highest BCUT2D eigenvalue weighted by molar-refractivity contribution is 9.10. The molecule has 1 aliphatic rings. The van der Waals surface area contributed by atoms with E-state index in [0.29, 0.717) is 12.2 Å². The fourth-order valence-corrected chi connectivity index (χ4v) is 2.36. The molecule has 0 amide bonds. The number of halogens is 1. The zero-order chi connectivity index (χ0) is 12.5. The highest BCUT2D eigenvalue weighted by Gasteiger charge is 2.15. The van der Waals surface area contributed by atoms with E-state index in [0.717, 1.165) is 27.8 Å². The fourth-order valence-electron chi connectivity index (χ4n) is 2.10. The Balaban J connectivity index is 1.95. The smallest absolute Gasteiger partial charge is 0.193 e. The Bertz CT molecular complexity index is 602. The molecule has 0 saturated carbocycles. The molecule has 1 aliphatic heterocycles. The lowest BCUT2D eigenvalue weighted by Gasteiger charge is -2.04. The predicted octanol–water partition coefficient (Wildman–Crippen LogP) is 3.62. The Kier molecular flexibility index (Phi) is 2.92. The van der Waals surface area contributed by atoms with Crippen molar-refractivity contribution in [3.8, 4) is 5.75 Å². The summed E-state index contributed by atoms with van der Waals surface area (Å²) < 4.78 is 6.41. The van der Waals surface area contributed by atoms with E-state index in [4.69, 9.17) is 4.74 Å². The second kappa shape index (κ2) is 4.58. The topological polar surface area (TPSA) is 26.3 Å². The molecule has 18 heavy (non-hydrogen) atoms. The Morgan fingerprint density at radius 2 is 1.78 bits per heavy atom. The van der Waals surface area contributed by atoms with Crippen LogP contribution in [0.4, 0.5) is 0 Å². The zero-order valence-electron chi connectivity index (χ0n) is 9.65. The molecule has 0 atom stereocenters. The first-order chi connectivity index (χ1) is 8.74. The van der Waals surface area contributed by atoms with Crippen LogP contribution in [0.5, 0.6) is 5.75 Å². The lowest BCUT2D eigenvalue weighted by Crippen LogP contribution is -2.01. The van der Waals surface area contributed by atoms with Crippen molar-refractivity contribution in [3.63, 3.8) is 0 Å². The van der Waals surface area contributed by atoms with Crippen LogP contribution < -0.4 is 4.74 Å². The van der Waals surface area contributed by atoms with Gasteiger partial charge in [-0.3, -0.25) is 4.79 Å². The maximum Gasteiger partial charge on any atom is 0.193 e. The van der Waals surface area contributed by atoms with Gasteiger partial charge in [0.2, 0.25) is 0 Å². The lowest BCUT2D eigenvalue weighted by molar-refractivity contribution is 0.103. The molecule has 0 bridgehead atoms. The molecule has 0 fully saturated rings. The molecule has 0 saturated heterocycles. The van der Waals surface area contributed by atoms with Crippen LogP contribution in [0.15, 0.2) is 46.9 Å². The van der Waals surface area contributed by atoms with Crippen molar-refractivity contribution >= 4 is 21.7 Å². The van der Waals surface area contributed by atoms with Gasteiger partial charge in [0.25, 0.3) is 0 Å². The van der Waals surface area contributed by atoms with Crippen LogP contribution >= 0.6 is 15.9 Å². The van der Waals surface area contributed by atoms with Crippen molar-refractivity contribution < 1.29 is 9.53 Å². The predicted molar refractivity (Wildman–Crippen MR) is 73.2 cm³/mol. The Labute approximate surface area is 114 Å². The molecule has 0 aliphatic carbocycles. The first-order valence-corrected chi connectivity index (χ1v) is 6.59. The average Bonchev–Trinajstić information content (AvgIpc) is 2.86. The maximum absolute atomic E-state index is 12.3. The SMILES string of the molecule is O=C(c1ccc(Br)cc1)c1ccc2c(c1)CCO2. The summed E-state index contributed by atoms with van der Waals surface area (Å²) in [5.74, 6) is 0.958. The second-order valence-electron chi connectivity index (χ2n) is 4.26. The van der Waals surface area contributed by atoms with Crippen LogP contribution in [0.2, 0.25) is 0 Å². The second-order valence-corrected chi connectivity index (χ2v) is 5.17. The number of fused-ring (bicyclic) bond motifs is 1. The number of rotatable bonds is 2. The highest BCUT2D eigenvalue weighted by atomic mass is 79.9. The molecule has 0 N–H and O–H groups in total. The van der Waals surface area contributed by atoms with Gasteiger partial charge in [-0.25, -0.2) is 0 Å². The maximum atomic E-state index is 12.3. The summed E-state index contributed by atoms with van der Waals surface area (Å²) in [5, 5.41) is 0. The number of carbonyl (C=O) groups is 1. The van der Waals surface area contributed by atoms with E-state index in [1.165, 1.54) is 0 Å². The Morgan fingerprint density at radius 3 is 2.56 bits per heavy atom. The van der Waals surface area contributed by atoms with E-state index < -0.39 is 0 Å². The van der Waals surface area contributed by atoms with Crippen molar-refractivity contribution in [2.24, 2.45) is 0 Å². The van der Waals surface area contributed by atoms with Crippen molar-refractivity contribution in [3.05, 3.63) is 63.6 Å². The number of hydrogen-bond acceptors (Lipinski definition) is 2. The van der Waals surface area contributed by atoms with Gasteiger partial charge in [0.1, 0.15) is 5.75 Å². The van der Waals surface area contributed by atoms with Gasteiger partial charge in [-0.15, -0.1) is 0 Å². The normalized spacial score (nSPS) is 12.9. The largest absolute Gasteiger partial charge is 0.493 e. The van der Waals surface area contributed by atoms with E-state index in [9.17, 15) is 4.79 Å². The van der Waals surface area contributed by atoms with Gasteiger partial charge >= 0.3 is 0 Å². The van der Waals surface area contributed by atoms with Crippen LogP contribution in [0.3, 0.4) is 0 Å². The third-order valence-electron chi connectivity index (χ3n) is 3.06. The summed E-state index contributed by atoms with van der Waals surface area (Å²) in [6.45, 7) is 0.714. The number of hydrogen-bond donors (Lipinski definition) is 0. The van der Waals surface area contributed by atoms with Crippen LogP contribution in [-0.2, 0) is 6.42 Å². The standard InChI is InChI=1S/C15H11BrO2/c16-13-4-1-10(2-5-13)15(17)12-3-6-14-11(9-12)7-8-18-14/h1-6,9H,7-8H2. The third kappa shape index (κ3) is 2.06. The quantitative estimate of drug-likeness (QED) is 0.792. The minimum Gasteiger partial charge on any atom is -0.493 e. The van der Waals surface area contributed by atoms with Gasteiger partial charge in [-0.05, 0) is 48.0 Å². The highest BCUT2D eigenvalue weighted by Crippen LogP contribution is 2.27. The molecule has 1 heterocycles. The molecule has 3 heteroatoms. The van der Waals surface area contributed by atoms with Gasteiger partial charge in [-0.2, -0.15) is 0 Å². The van der Waals surface area contributed by atoms with Crippen LogP contribution in [-0.4, -0.2) is 12.4 Å². The fraction of sp³-hybridized carbons (Fsp3) is 0.133. The van der Waals surface area contributed by atoms with E-state index in [2.05, 4.69) is 15.9 Å². The van der Waals surface area contributed by atoms with Gasteiger partial charge in [-0.1, -0.05) is 15.9 Å². The summed E-state index contributed by atoms with van der Waals surface area (Å²) in [6.07, 6.45) is 0.886. The number of ether oxygens (including phenoxy) is 1. The monoisotopic (exact) mass is 302 g/mol. The summed E-state index contributed by atoms with van der Waals surface area (Å²) in [4.78, 5) is 12.3. The molecule has 0 aromatic heterocycles. The van der Waals surface area contributed by atoms with Gasteiger partial charge < -0.3 is 4.74 Å². The van der Waals surface area contributed by atoms with E-state index in [1.807, 2.05) is 42.5 Å².